The number of carbonyl (C=O) groups excluding carboxylic acids is 2. The zero-order valence-electron chi connectivity index (χ0n) is 15.8. The minimum absolute atomic E-state index is 0.0419. The molecule has 3 amide bonds. The molecule has 0 aromatic carbocycles. The fourth-order valence-electron chi connectivity index (χ4n) is 5.11. The van der Waals surface area contributed by atoms with Gasteiger partial charge in [0.2, 0.25) is 5.91 Å². The summed E-state index contributed by atoms with van der Waals surface area (Å²) in [6.07, 6.45) is 3.76. The highest BCUT2D eigenvalue weighted by Crippen LogP contribution is 2.38. The third kappa shape index (κ3) is 3.90. The number of likely N-dealkylation sites (tertiary alicyclic amines) is 2. The van der Waals surface area contributed by atoms with Gasteiger partial charge in [-0.25, -0.2) is 4.79 Å². The van der Waals surface area contributed by atoms with Crippen LogP contribution in [0.25, 0.3) is 0 Å². The number of carbonyl (C=O) groups is 2. The van der Waals surface area contributed by atoms with Crippen molar-refractivity contribution in [1.82, 2.24) is 20.0 Å². The van der Waals surface area contributed by atoms with Gasteiger partial charge < -0.3 is 24.8 Å². The highest BCUT2D eigenvalue weighted by molar-refractivity contribution is 5.79. The van der Waals surface area contributed by atoms with E-state index in [2.05, 4.69) is 11.4 Å². The number of morpholine rings is 1. The van der Waals surface area contributed by atoms with Gasteiger partial charge >= 0.3 is 6.03 Å². The van der Waals surface area contributed by atoms with Crippen molar-refractivity contribution in [3.8, 4) is 6.07 Å². The van der Waals surface area contributed by atoms with E-state index in [9.17, 15) is 9.59 Å². The van der Waals surface area contributed by atoms with Crippen LogP contribution in [0.1, 0.15) is 25.7 Å². The summed E-state index contributed by atoms with van der Waals surface area (Å²) >= 11 is 0. The van der Waals surface area contributed by atoms with Gasteiger partial charge in [0.15, 0.2) is 0 Å². The average Bonchev–Trinajstić information content (AvgIpc) is 3.40. The number of ether oxygens (including phenoxy) is 1. The number of hydrogen-bond donors (Lipinski definition) is 1. The van der Waals surface area contributed by atoms with E-state index in [1.807, 2.05) is 9.80 Å². The Balaban J connectivity index is 1.21. The third-order valence-electron chi connectivity index (χ3n) is 6.57. The van der Waals surface area contributed by atoms with E-state index in [1.165, 1.54) is 0 Å². The highest BCUT2D eigenvalue weighted by atomic mass is 16.5. The Morgan fingerprint density at radius 1 is 1.07 bits per heavy atom. The van der Waals surface area contributed by atoms with Crippen molar-refractivity contribution in [1.29, 1.82) is 5.26 Å². The van der Waals surface area contributed by atoms with E-state index in [4.69, 9.17) is 10.00 Å². The Morgan fingerprint density at radius 2 is 1.78 bits per heavy atom. The molecule has 8 heteroatoms. The number of nitrogens with zero attached hydrogens (tertiary/aromatic N) is 4. The molecule has 1 unspecified atom stereocenters. The Bertz CT molecular complexity index is 601. The smallest absolute Gasteiger partial charge is 0.320 e. The number of hydrogen-bond acceptors (Lipinski definition) is 5. The van der Waals surface area contributed by atoms with Crippen molar-refractivity contribution in [2.75, 3.05) is 52.5 Å². The lowest BCUT2D eigenvalue weighted by molar-refractivity contribution is -0.130. The maximum atomic E-state index is 12.6. The molecule has 0 radical (unpaired) electrons. The Hall–Kier alpha value is -1.85. The van der Waals surface area contributed by atoms with E-state index in [0.717, 1.165) is 38.8 Å². The van der Waals surface area contributed by atoms with Crippen molar-refractivity contribution in [2.45, 2.75) is 37.8 Å². The molecule has 3 aliphatic heterocycles. The van der Waals surface area contributed by atoms with Gasteiger partial charge in [-0.15, -0.1) is 0 Å². The average molecular weight is 375 g/mol. The molecule has 148 valence electrons. The number of nitrogens with one attached hydrogen (secondary N) is 1. The van der Waals surface area contributed by atoms with E-state index in [1.54, 1.807) is 4.90 Å². The SMILES string of the molecule is N#CC1CCCN1C(=O)CN[C@@H]1C[C@@H]2CN(C(=O)N3CCOCC3)C[C@@H]2C1. The van der Waals surface area contributed by atoms with Crippen LogP contribution in [0.5, 0.6) is 0 Å². The first-order valence-corrected chi connectivity index (χ1v) is 10.2. The Labute approximate surface area is 160 Å². The number of rotatable bonds is 3. The summed E-state index contributed by atoms with van der Waals surface area (Å²) in [6, 6.07) is 2.47. The molecule has 0 spiro atoms. The maximum absolute atomic E-state index is 12.6. The topological polar surface area (TPSA) is 88.9 Å². The molecule has 4 aliphatic rings. The van der Waals surface area contributed by atoms with Crippen LogP contribution in [0.3, 0.4) is 0 Å². The molecule has 4 atom stereocenters. The molecular weight excluding hydrogens is 346 g/mol. The second kappa shape index (κ2) is 8.03. The fraction of sp³-hybridized carbons (Fsp3) is 0.842. The zero-order valence-corrected chi connectivity index (χ0v) is 15.8. The standard InChI is InChI=1S/C19H29N5O3/c20-10-17-2-1-3-24(17)18(25)11-21-16-8-14-12-23(13-15(14)9-16)19(26)22-4-6-27-7-5-22/h14-17,21H,1-9,11-13H2/t14-,15+,16-,17?. The number of nitriles is 1. The molecule has 0 aromatic heterocycles. The van der Waals surface area contributed by atoms with Gasteiger partial charge in [-0.3, -0.25) is 4.79 Å². The van der Waals surface area contributed by atoms with Gasteiger partial charge in [0.05, 0.1) is 25.8 Å². The zero-order chi connectivity index (χ0) is 18.8. The molecule has 4 rings (SSSR count). The second-order valence-electron chi connectivity index (χ2n) is 8.23. The summed E-state index contributed by atoms with van der Waals surface area (Å²) in [7, 11) is 0. The van der Waals surface area contributed by atoms with Gasteiger partial charge in [0.25, 0.3) is 0 Å². The van der Waals surface area contributed by atoms with Crippen molar-refractivity contribution >= 4 is 11.9 Å². The monoisotopic (exact) mass is 375 g/mol. The van der Waals surface area contributed by atoms with Crippen LogP contribution in [-0.4, -0.2) is 91.2 Å². The Kier molecular flexibility index (Phi) is 5.50. The molecule has 0 bridgehead atoms. The number of urea groups is 1. The lowest BCUT2D eigenvalue weighted by atomic mass is 10.0. The van der Waals surface area contributed by atoms with Crippen LogP contribution in [-0.2, 0) is 9.53 Å². The molecule has 1 aliphatic carbocycles. The molecule has 4 fully saturated rings. The van der Waals surface area contributed by atoms with Gasteiger partial charge in [-0.05, 0) is 37.5 Å². The predicted octanol–water partition coefficient (Wildman–Crippen LogP) is 0.253. The van der Waals surface area contributed by atoms with E-state index >= 15 is 0 Å². The predicted molar refractivity (Wildman–Crippen MR) is 97.7 cm³/mol. The van der Waals surface area contributed by atoms with Crippen molar-refractivity contribution in [3.63, 3.8) is 0 Å². The molecular formula is C19H29N5O3. The maximum Gasteiger partial charge on any atom is 0.320 e. The van der Waals surface area contributed by atoms with Crippen LogP contribution in [0.2, 0.25) is 0 Å². The number of fused-ring (bicyclic) bond motifs is 1. The lowest BCUT2D eigenvalue weighted by Gasteiger charge is -2.31. The largest absolute Gasteiger partial charge is 0.378 e. The molecule has 1 N–H and O–H groups in total. The van der Waals surface area contributed by atoms with E-state index in [0.29, 0.717) is 57.3 Å². The Morgan fingerprint density at radius 3 is 2.44 bits per heavy atom. The first kappa shape index (κ1) is 18.5. The van der Waals surface area contributed by atoms with Crippen molar-refractivity contribution in [2.24, 2.45) is 11.8 Å². The number of amides is 3. The van der Waals surface area contributed by atoms with Gasteiger partial charge in [-0.1, -0.05) is 0 Å². The quantitative estimate of drug-likeness (QED) is 0.764. The van der Waals surface area contributed by atoms with E-state index in [-0.39, 0.29) is 18.0 Å². The molecule has 27 heavy (non-hydrogen) atoms. The molecule has 0 aromatic rings. The molecule has 3 heterocycles. The minimum atomic E-state index is -0.248. The van der Waals surface area contributed by atoms with Crippen LogP contribution in [0.4, 0.5) is 4.79 Å². The minimum Gasteiger partial charge on any atom is -0.378 e. The van der Waals surface area contributed by atoms with Crippen molar-refractivity contribution < 1.29 is 14.3 Å². The summed E-state index contributed by atoms with van der Waals surface area (Å²) in [4.78, 5) is 30.6. The summed E-state index contributed by atoms with van der Waals surface area (Å²) < 4.78 is 5.33. The molecule has 3 saturated heterocycles. The fourth-order valence-corrected chi connectivity index (χ4v) is 5.11. The van der Waals surface area contributed by atoms with Crippen molar-refractivity contribution in [3.05, 3.63) is 0 Å². The third-order valence-corrected chi connectivity index (χ3v) is 6.57. The van der Waals surface area contributed by atoms with Crippen LogP contribution >= 0.6 is 0 Å². The van der Waals surface area contributed by atoms with Crippen LogP contribution in [0.15, 0.2) is 0 Å². The first-order chi connectivity index (χ1) is 13.2. The molecule has 8 nitrogen and oxygen atoms in total. The van der Waals surface area contributed by atoms with Crippen LogP contribution in [0, 0.1) is 23.2 Å². The van der Waals surface area contributed by atoms with Gasteiger partial charge in [0.1, 0.15) is 6.04 Å². The lowest BCUT2D eigenvalue weighted by Crippen LogP contribution is -2.48. The summed E-state index contributed by atoms with van der Waals surface area (Å²) in [5.74, 6) is 1.10. The first-order valence-electron chi connectivity index (χ1n) is 10.2. The van der Waals surface area contributed by atoms with Crippen LogP contribution < -0.4 is 5.32 Å². The highest BCUT2D eigenvalue weighted by Gasteiger charge is 2.43. The van der Waals surface area contributed by atoms with Gasteiger partial charge in [0, 0.05) is 38.8 Å². The normalized spacial score (nSPS) is 33.2. The molecule has 1 saturated carbocycles. The summed E-state index contributed by atoms with van der Waals surface area (Å²) in [5.41, 5.74) is 0. The second-order valence-corrected chi connectivity index (χ2v) is 8.23. The van der Waals surface area contributed by atoms with Gasteiger partial charge in [-0.2, -0.15) is 5.26 Å². The van der Waals surface area contributed by atoms with E-state index < -0.39 is 0 Å². The summed E-state index contributed by atoms with van der Waals surface area (Å²) in [5, 5.41) is 12.5. The summed E-state index contributed by atoms with van der Waals surface area (Å²) in [6.45, 7) is 5.33.